The standard InChI is InChI=1S/C24H24ClNO6/c25-19-8-5-15(24-23(30)22(29)21(28)20(13-27)32-24)11-16(19)10-14-3-6-17(7-4-14)31-18-2-1-9-26-12-18/h1-9,11-12,20-24,27-30H,10,13H2/t20-,21-,22+,23?,24+/m1/s1. The van der Waals surface area contributed by atoms with Crippen molar-refractivity contribution in [2.24, 2.45) is 0 Å². The molecule has 4 rings (SSSR count). The Balaban J connectivity index is 1.50. The van der Waals surface area contributed by atoms with Crippen molar-refractivity contribution in [3.8, 4) is 11.5 Å². The van der Waals surface area contributed by atoms with Crippen LogP contribution < -0.4 is 4.74 Å². The summed E-state index contributed by atoms with van der Waals surface area (Å²) in [6.07, 6.45) is -2.21. The van der Waals surface area contributed by atoms with E-state index in [9.17, 15) is 20.4 Å². The molecule has 8 heteroatoms. The van der Waals surface area contributed by atoms with Gasteiger partial charge in [-0.2, -0.15) is 0 Å². The van der Waals surface area contributed by atoms with Crippen LogP contribution in [-0.4, -0.2) is 56.4 Å². The van der Waals surface area contributed by atoms with Crippen LogP contribution in [-0.2, 0) is 11.2 Å². The van der Waals surface area contributed by atoms with E-state index in [2.05, 4.69) is 4.98 Å². The van der Waals surface area contributed by atoms with E-state index in [0.717, 1.165) is 11.1 Å². The number of ether oxygens (including phenoxy) is 2. The van der Waals surface area contributed by atoms with E-state index in [0.29, 0.717) is 28.5 Å². The minimum atomic E-state index is -1.43. The Kier molecular flexibility index (Phi) is 7.05. The van der Waals surface area contributed by atoms with Gasteiger partial charge in [-0.05, 0) is 53.4 Å². The molecular weight excluding hydrogens is 434 g/mol. The van der Waals surface area contributed by atoms with Crippen LogP contribution in [0.3, 0.4) is 0 Å². The maximum absolute atomic E-state index is 10.4. The van der Waals surface area contributed by atoms with Gasteiger partial charge >= 0.3 is 0 Å². The topological polar surface area (TPSA) is 112 Å². The van der Waals surface area contributed by atoms with Crippen LogP contribution in [0.4, 0.5) is 0 Å². The van der Waals surface area contributed by atoms with Crippen molar-refractivity contribution in [1.29, 1.82) is 0 Å². The molecule has 1 saturated heterocycles. The SMILES string of the molecule is OC[C@H]1O[C@@H](c2ccc(Cl)c(Cc3ccc(Oc4cccnc4)cc3)c2)C(O)[C@@H](O)[C@@H]1O. The maximum atomic E-state index is 10.4. The summed E-state index contributed by atoms with van der Waals surface area (Å²) in [6, 6.07) is 16.4. The number of aliphatic hydroxyl groups excluding tert-OH is 4. The smallest absolute Gasteiger partial charge is 0.145 e. The molecule has 2 aromatic carbocycles. The van der Waals surface area contributed by atoms with Crippen LogP contribution in [0.25, 0.3) is 0 Å². The Labute approximate surface area is 190 Å². The summed E-state index contributed by atoms with van der Waals surface area (Å²) in [6.45, 7) is -0.477. The first-order chi connectivity index (χ1) is 15.5. The van der Waals surface area contributed by atoms with E-state index >= 15 is 0 Å². The lowest BCUT2D eigenvalue weighted by Gasteiger charge is -2.40. The van der Waals surface area contributed by atoms with Crippen LogP contribution in [0.15, 0.2) is 67.0 Å². The number of aliphatic hydroxyl groups is 4. The Bertz CT molecular complexity index is 1030. The van der Waals surface area contributed by atoms with Crippen molar-refractivity contribution in [3.05, 3.63) is 88.7 Å². The molecule has 1 aliphatic heterocycles. The van der Waals surface area contributed by atoms with Gasteiger partial charge in [0.1, 0.15) is 42.0 Å². The third kappa shape index (κ3) is 4.94. The van der Waals surface area contributed by atoms with E-state index in [1.807, 2.05) is 30.3 Å². The highest BCUT2D eigenvalue weighted by molar-refractivity contribution is 6.31. The molecule has 1 aliphatic rings. The van der Waals surface area contributed by atoms with Gasteiger partial charge in [0.05, 0.1) is 12.8 Å². The molecule has 0 bridgehead atoms. The van der Waals surface area contributed by atoms with Crippen LogP contribution >= 0.6 is 11.6 Å². The Hall–Kier alpha value is -2.52. The molecule has 4 N–H and O–H groups in total. The van der Waals surface area contributed by atoms with E-state index in [1.54, 1.807) is 36.7 Å². The molecule has 32 heavy (non-hydrogen) atoms. The molecule has 0 saturated carbocycles. The molecule has 1 fully saturated rings. The number of hydrogen-bond donors (Lipinski definition) is 4. The van der Waals surface area contributed by atoms with Gasteiger partial charge in [0.2, 0.25) is 0 Å². The zero-order valence-electron chi connectivity index (χ0n) is 17.1. The number of hydrogen-bond acceptors (Lipinski definition) is 7. The molecule has 1 unspecified atom stereocenters. The van der Waals surface area contributed by atoms with Crippen molar-refractivity contribution in [1.82, 2.24) is 4.98 Å². The number of aromatic nitrogens is 1. The van der Waals surface area contributed by atoms with Gasteiger partial charge in [-0.25, -0.2) is 0 Å². The number of nitrogens with zero attached hydrogens (tertiary/aromatic N) is 1. The molecule has 3 aromatic rings. The molecule has 0 amide bonds. The molecule has 5 atom stereocenters. The highest BCUT2D eigenvalue weighted by atomic mass is 35.5. The lowest BCUT2D eigenvalue weighted by atomic mass is 9.90. The predicted octanol–water partition coefficient (Wildman–Crippen LogP) is 2.63. The molecule has 2 heterocycles. The molecule has 1 aromatic heterocycles. The van der Waals surface area contributed by atoms with E-state index in [-0.39, 0.29) is 0 Å². The van der Waals surface area contributed by atoms with Gasteiger partial charge in [-0.15, -0.1) is 0 Å². The van der Waals surface area contributed by atoms with Gasteiger partial charge in [0, 0.05) is 11.2 Å². The van der Waals surface area contributed by atoms with E-state index in [4.69, 9.17) is 21.1 Å². The first kappa shape index (κ1) is 22.7. The maximum Gasteiger partial charge on any atom is 0.145 e. The monoisotopic (exact) mass is 457 g/mol. The zero-order chi connectivity index (χ0) is 22.7. The second-order valence-corrected chi connectivity index (χ2v) is 8.12. The van der Waals surface area contributed by atoms with Crippen molar-refractivity contribution in [2.75, 3.05) is 6.61 Å². The summed E-state index contributed by atoms with van der Waals surface area (Å²) in [5, 5.41) is 40.5. The highest BCUT2D eigenvalue weighted by Crippen LogP contribution is 2.34. The quantitative estimate of drug-likeness (QED) is 0.450. The van der Waals surface area contributed by atoms with Crippen molar-refractivity contribution in [3.63, 3.8) is 0 Å². The molecule has 0 radical (unpaired) electrons. The van der Waals surface area contributed by atoms with Crippen molar-refractivity contribution >= 4 is 11.6 Å². The summed E-state index contributed by atoms with van der Waals surface area (Å²) in [5.41, 5.74) is 2.40. The summed E-state index contributed by atoms with van der Waals surface area (Å²) >= 11 is 6.40. The highest BCUT2D eigenvalue weighted by Gasteiger charge is 2.44. The number of rotatable bonds is 6. The first-order valence-corrected chi connectivity index (χ1v) is 10.6. The van der Waals surface area contributed by atoms with Gasteiger partial charge in [0.15, 0.2) is 0 Å². The normalized spacial score (nSPS) is 25.5. The van der Waals surface area contributed by atoms with Crippen LogP contribution in [0, 0.1) is 0 Å². The Morgan fingerprint density at radius 1 is 0.938 bits per heavy atom. The molecule has 0 aliphatic carbocycles. The summed E-state index contributed by atoms with van der Waals surface area (Å²) in [4.78, 5) is 4.02. The fraction of sp³-hybridized carbons (Fsp3) is 0.292. The molecule has 7 nitrogen and oxygen atoms in total. The lowest BCUT2D eigenvalue weighted by molar-refractivity contribution is -0.231. The second kappa shape index (κ2) is 9.95. The van der Waals surface area contributed by atoms with Crippen LogP contribution in [0.2, 0.25) is 5.02 Å². The summed E-state index contributed by atoms with van der Waals surface area (Å²) in [7, 11) is 0. The van der Waals surface area contributed by atoms with E-state index < -0.39 is 37.1 Å². The van der Waals surface area contributed by atoms with Crippen molar-refractivity contribution in [2.45, 2.75) is 36.9 Å². The third-order valence-electron chi connectivity index (χ3n) is 5.48. The second-order valence-electron chi connectivity index (χ2n) is 7.71. The molecule has 0 spiro atoms. The Morgan fingerprint density at radius 2 is 1.72 bits per heavy atom. The average molecular weight is 458 g/mol. The summed E-state index contributed by atoms with van der Waals surface area (Å²) in [5.74, 6) is 1.33. The predicted molar refractivity (Wildman–Crippen MR) is 118 cm³/mol. The van der Waals surface area contributed by atoms with Gasteiger partial charge in [0.25, 0.3) is 0 Å². The largest absolute Gasteiger partial charge is 0.456 e. The number of pyridine rings is 1. The fourth-order valence-electron chi connectivity index (χ4n) is 3.72. The number of benzene rings is 2. The van der Waals surface area contributed by atoms with Gasteiger partial charge < -0.3 is 29.9 Å². The summed E-state index contributed by atoms with van der Waals surface area (Å²) < 4.78 is 11.4. The fourth-order valence-corrected chi connectivity index (χ4v) is 3.91. The molecular formula is C24H24ClNO6. The molecule has 168 valence electrons. The van der Waals surface area contributed by atoms with Gasteiger partial charge in [-0.3, -0.25) is 4.98 Å². The average Bonchev–Trinajstić information content (AvgIpc) is 2.81. The third-order valence-corrected chi connectivity index (χ3v) is 5.85. The van der Waals surface area contributed by atoms with Gasteiger partial charge in [-0.1, -0.05) is 35.9 Å². The Morgan fingerprint density at radius 3 is 2.41 bits per heavy atom. The van der Waals surface area contributed by atoms with E-state index in [1.165, 1.54) is 0 Å². The lowest BCUT2D eigenvalue weighted by Crippen LogP contribution is -2.55. The minimum Gasteiger partial charge on any atom is -0.456 e. The van der Waals surface area contributed by atoms with Crippen LogP contribution in [0.5, 0.6) is 11.5 Å². The first-order valence-electron chi connectivity index (χ1n) is 10.2. The number of halogens is 1. The van der Waals surface area contributed by atoms with Crippen molar-refractivity contribution < 1.29 is 29.9 Å². The minimum absolute atomic E-state index is 0.477. The zero-order valence-corrected chi connectivity index (χ0v) is 17.8. The van der Waals surface area contributed by atoms with Crippen LogP contribution in [0.1, 0.15) is 22.8 Å².